The Hall–Kier alpha value is -2.12. The maximum Gasteiger partial charge on any atom is 0.301 e. The molecule has 1 N–H and O–H groups in total. The number of carbonyl (C=O) groups excluding carboxylic acids is 1. The molecule has 18 heavy (non-hydrogen) atoms. The minimum atomic E-state index is -0.391. The monoisotopic (exact) mass is 300 g/mol. The maximum absolute atomic E-state index is 11.6. The van der Waals surface area contributed by atoms with Gasteiger partial charge >= 0.3 is 5.91 Å². The van der Waals surface area contributed by atoms with Gasteiger partial charge in [0.25, 0.3) is 0 Å². The van der Waals surface area contributed by atoms with Crippen LogP contribution in [-0.2, 0) is 4.79 Å². The van der Waals surface area contributed by atoms with Crippen LogP contribution < -0.4 is 5.32 Å². The number of amides is 1. The molecule has 0 unspecified atom stereocenters. The average molecular weight is 301 g/mol. The highest BCUT2D eigenvalue weighted by atomic mass is 79.9. The lowest BCUT2D eigenvalue weighted by atomic mass is 10.2. The van der Waals surface area contributed by atoms with Gasteiger partial charge in [-0.15, -0.1) is 0 Å². The number of pyridine rings is 1. The third kappa shape index (κ3) is 3.44. The fraction of sp³-hybridized carbons (Fsp3) is 0. The van der Waals surface area contributed by atoms with E-state index in [1.807, 2.05) is 30.3 Å². The van der Waals surface area contributed by atoms with Crippen molar-refractivity contribution in [1.82, 2.24) is 4.98 Å². The Morgan fingerprint density at radius 2 is 1.94 bits per heavy atom. The summed E-state index contributed by atoms with van der Waals surface area (Å²) >= 11 is 3.30. The lowest BCUT2D eigenvalue weighted by Crippen LogP contribution is -2.10. The third-order valence-electron chi connectivity index (χ3n) is 2.08. The number of nitrogens with one attached hydrogen (secondary N) is 1. The first-order chi connectivity index (χ1) is 8.75. The molecule has 0 saturated heterocycles. The second kappa shape index (κ2) is 5.99. The van der Waals surface area contributed by atoms with Crippen molar-refractivity contribution in [3.63, 3.8) is 0 Å². The fourth-order valence-corrected chi connectivity index (χ4v) is 1.62. The van der Waals surface area contributed by atoms with Crippen LogP contribution in [0.3, 0.4) is 0 Å². The molecule has 88 valence electrons. The minimum absolute atomic E-state index is 0.391. The van der Waals surface area contributed by atoms with Crippen LogP contribution in [0.2, 0.25) is 0 Å². The molecule has 0 aliphatic carbocycles. The fourth-order valence-electron chi connectivity index (χ4n) is 1.27. The van der Waals surface area contributed by atoms with Crippen molar-refractivity contribution in [2.75, 3.05) is 5.32 Å². The molecule has 0 radical (unpaired) electrons. The van der Waals surface area contributed by atoms with Gasteiger partial charge in [-0.25, -0.2) is 4.98 Å². The zero-order chi connectivity index (χ0) is 12.8. The third-order valence-corrected chi connectivity index (χ3v) is 2.72. The van der Waals surface area contributed by atoms with E-state index in [4.69, 9.17) is 0 Å². The summed E-state index contributed by atoms with van der Waals surface area (Å²) in [4.78, 5) is 15.6. The van der Waals surface area contributed by atoms with Crippen LogP contribution >= 0.6 is 15.9 Å². The van der Waals surface area contributed by atoms with Crippen molar-refractivity contribution in [3.8, 4) is 11.8 Å². The van der Waals surface area contributed by atoms with Crippen LogP contribution in [0.4, 0.5) is 5.82 Å². The standard InChI is InChI=1S/C14H9BrN2O/c15-12-7-4-10-16-14(12)17-13(18)9-8-11-5-2-1-3-6-11/h1-7,10H,(H,16,17,18). The molecule has 0 atom stereocenters. The molecule has 1 aromatic heterocycles. The van der Waals surface area contributed by atoms with Gasteiger partial charge in [0, 0.05) is 17.7 Å². The Kier molecular flexibility index (Phi) is 4.11. The second-order valence-electron chi connectivity index (χ2n) is 3.40. The van der Waals surface area contributed by atoms with Gasteiger partial charge < -0.3 is 0 Å². The molecule has 4 heteroatoms. The van der Waals surface area contributed by atoms with E-state index in [0.29, 0.717) is 5.82 Å². The van der Waals surface area contributed by atoms with E-state index >= 15 is 0 Å². The number of anilines is 1. The first-order valence-electron chi connectivity index (χ1n) is 5.24. The van der Waals surface area contributed by atoms with Gasteiger partial charge in [-0.2, -0.15) is 0 Å². The zero-order valence-corrected chi connectivity index (χ0v) is 10.9. The molecule has 0 aliphatic rings. The molecule has 2 aromatic rings. The highest BCUT2D eigenvalue weighted by Crippen LogP contribution is 2.17. The Bertz CT molecular complexity index is 614. The molecule has 0 bridgehead atoms. The summed E-state index contributed by atoms with van der Waals surface area (Å²) in [5.41, 5.74) is 0.799. The number of halogens is 1. The van der Waals surface area contributed by atoms with Gasteiger partial charge in [0.15, 0.2) is 0 Å². The lowest BCUT2D eigenvalue weighted by Gasteiger charge is -2.01. The van der Waals surface area contributed by atoms with E-state index in [2.05, 4.69) is 38.1 Å². The van der Waals surface area contributed by atoms with Crippen LogP contribution in [-0.4, -0.2) is 10.9 Å². The normalized spacial score (nSPS) is 9.17. The molecular formula is C14H9BrN2O. The molecule has 3 nitrogen and oxygen atoms in total. The molecule has 0 spiro atoms. The first kappa shape index (κ1) is 12.3. The largest absolute Gasteiger partial charge is 0.301 e. The summed E-state index contributed by atoms with van der Waals surface area (Å²) in [6.45, 7) is 0. The van der Waals surface area contributed by atoms with E-state index in [9.17, 15) is 4.79 Å². The highest BCUT2D eigenvalue weighted by Gasteiger charge is 2.02. The molecule has 1 heterocycles. The van der Waals surface area contributed by atoms with Gasteiger partial charge in [-0.05, 0) is 40.2 Å². The van der Waals surface area contributed by atoms with Crippen molar-refractivity contribution in [1.29, 1.82) is 0 Å². The molecule has 0 fully saturated rings. The SMILES string of the molecule is O=C(C#Cc1ccccc1)Nc1ncccc1Br. The summed E-state index contributed by atoms with van der Waals surface area (Å²) in [5.74, 6) is 5.37. The number of carbonyl (C=O) groups is 1. The van der Waals surface area contributed by atoms with Crippen LogP contribution in [0.15, 0.2) is 53.1 Å². The molecule has 0 saturated carbocycles. The Morgan fingerprint density at radius 1 is 1.17 bits per heavy atom. The summed E-state index contributed by atoms with van der Waals surface area (Å²) < 4.78 is 0.722. The van der Waals surface area contributed by atoms with Gasteiger partial charge in [0.05, 0.1) is 4.47 Å². The van der Waals surface area contributed by atoms with Gasteiger partial charge in [-0.3, -0.25) is 10.1 Å². The summed E-state index contributed by atoms with van der Waals surface area (Å²) in [7, 11) is 0. The molecule has 1 amide bonds. The Balaban J connectivity index is 2.07. The Labute approximate surface area is 113 Å². The molecule has 0 aliphatic heterocycles. The van der Waals surface area contributed by atoms with Gasteiger partial charge in [0.2, 0.25) is 0 Å². The van der Waals surface area contributed by atoms with Crippen molar-refractivity contribution in [2.45, 2.75) is 0 Å². The first-order valence-corrected chi connectivity index (χ1v) is 6.03. The average Bonchev–Trinajstić information content (AvgIpc) is 2.40. The minimum Gasteiger partial charge on any atom is -0.299 e. The van der Waals surface area contributed by atoms with E-state index in [1.54, 1.807) is 18.3 Å². The maximum atomic E-state index is 11.6. The predicted octanol–water partition coefficient (Wildman–Crippen LogP) is 2.83. The topological polar surface area (TPSA) is 42.0 Å². The molecule has 1 aromatic carbocycles. The molecular weight excluding hydrogens is 292 g/mol. The lowest BCUT2D eigenvalue weighted by molar-refractivity contribution is -0.111. The van der Waals surface area contributed by atoms with Crippen molar-refractivity contribution < 1.29 is 4.79 Å². The van der Waals surface area contributed by atoms with Gasteiger partial charge in [0.1, 0.15) is 5.82 Å². The quantitative estimate of drug-likeness (QED) is 0.823. The number of hydrogen-bond donors (Lipinski definition) is 1. The number of hydrogen-bond acceptors (Lipinski definition) is 2. The number of rotatable bonds is 1. The molecule has 2 rings (SSSR count). The second-order valence-corrected chi connectivity index (χ2v) is 4.26. The summed E-state index contributed by atoms with van der Waals surface area (Å²) in [6, 6.07) is 12.9. The highest BCUT2D eigenvalue weighted by molar-refractivity contribution is 9.10. The summed E-state index contributed by atoms with van der Waals surface area (Å²) in [6.07, 6.45) is 1.60. The van der Waals surface area contributed by atoms with E-state index in [-0.39, 0.29) is 0 Å². The predicted molar refractivity (Wildman–Crippen MR) is 73.9 cm³/mol. The number of nitrogens with zero attached hydrogens (tertiary/aromatic N) is 1. The van der Waals surface area contributed by atoms with Crippen LogP contribution in [0.25, 0.3) is 0 Å². The van der Waals surface area contributed by atoms with Crippen LogP contribution in [0.5, 0.6) is 0 Å². The Morgan fingerprint density at radius 3 is 2.67 bits per heavy atom. The zero-order valence-electron chi connectivity index (χ0n) is 9.35. The van der Waals surface area contributed by atoms with Crippen molar-refractivity contribution in [3.05, 3.63) is 58.7 Å². The van der Waals surface area contributed by atoms with Crippen molar-refractivity contribution in [2.24, 2.45) is 0 Å². The van der Waals surface area contributed by atoms with E-state index in [0.717, 1.165) is 10.0 Å². The number of aromatic nitrogens is 1. The van der Waals surface area contributed by atoms with Crippen LogP contribution in [0.1, 0.15) is 5.56 Å². The van der Waals surface area contributed by atoms with Crippen molar-refractivity contribution >= 4 is 27.7 Å². The number of benzene rings is 1. The van der Waals surface area contributed by atoms with E-state index < -0.39 is 5.91 Å². The smallest absolute Gasteiger partial charge is 0.299 e. The van der Waals surface area contributed by atoms with E-state index in [1.165, 1.54) is 0 Å². The van der Waals surface area contributed by atoms with Crippen LogP contribution in [0, 0.1) is 11.8 Å². The summed E-state index contributed by atoms with van der Waals surface area (Å²) in [5, 5.41) is 2.61. The van der Waals surface area contributed by atoms with Gasteiger partial charge in [-0.1, -0.05) is 24.1 Å².